The Morgan fingerprint density at radius 1 is 0.625 bits per heavy atom. The highest BCUT2D eigenvalue weighted by Gasteiger charge is 2.27. The third-order valence-corrected chi connectivity index (χ3v) is 5.49. The van der Waals surface area contributed by atoms with E-state index in [1.807, 2.05) is 0 Å². The molecule has 0 bridgehead atoms. The zero-order chi connectivity index (χ0) is 15.7. The monoisotopic (exact) mass is 305 g/mol. The van der Waals surface area contributed by atoms with Gasteiger partial charge in [0.1, 0.15) is 0 Å². The van der Waals surface area contributed by atoms with Crippen LogP contribution in [-0.2, 0) is 12.8 Å². The van der Waals surface area contributed by atoms with E-state index in [0.29, 0.717) is 0 Å². The van der Waals surface area contributed by atoms with Crippen LogP contribution in [0.5, 0.6) is 0 Å². The highest BCUT2D eigenvalue weighted by molar-refractivity contribution is 6.08. The van der Waals surface area contributed by atoms with Crippen molar-refractivity contribution in [3.05, 3.63) is 89.1 Å². The second-order valence-electron chi connectivity index (χ2n) is 6.79. The summed E-state index contributed by atoms with van der Waals surface area (Å²) in [5, 5.41) is 2.72. The first-order chi connectivity index (χ1) is 11.9. The molecule has 0 spiro atoms. The van der Waals surface area contributed by atoms with E-state index >= 15 is 0 Å². The van der Waals surface area contributed by atoms with E-state index in [0.717, 1.165) is 12.8 Å². The smallest absolute Gasteiger partial charge is 0.0790 e. The van der Waals surface area contributed by atoms with Crippen molar-refractivity contribution in [1.29, 1.82) is 0 Å². The van der Waals surface area contributed by atoms with Crippen LogP contribution in [0, 0.1) is 0 Å². The number of hydrogen-bond acceptors (Lipinski definition) is 1. The summed E-state index contributed by atoms with van der Waals surface area (Å²) in [5.74, 6) is 0. The minimum atomic E-state index is 0.945. The molecule has 0 saturated carbocycles. The van der Waals surface area contributed by atoms with E-state index < -0.39 is 0 Å². The van der Waals surface area contributed by atoms with Gasteiger partial charge in [0, 0.05) is 22.9 Å². The Bertz CT molecular complexity index is 1150. The maximum absolute atomic E-state index is 5.17. The van der Waals surface area contributed by atoms with Gasteiger partial charge in [-0.15, -0.1) is 0 Å². The third-order valence-electron chi connectivity index (χ3n) is 5.49. The Morgan fingerprint density at radius 3 is 2.21 bits per heavy atom. The molecule has 112 valence electrons. The fourth-order valence-corrected chi connectivity index (χ4v) is 4.47. The molecule has 0 fully saturated rings. The Balaban J connectivity index is 1.80. The molecule has 2 aliphatic rings. The number of hydrogen-bond donors (Lipinski definition) is 0. The van der Waals surface area contributed by atoms with E-state index in [9.17, 15) is 0 Å². The Labute approximate surface area is 140 Å². The predicted molar refractivity (Wildman–Crippen MR) is 98.2 cm³/mol. The zero-order valence-corrected chi connectivity index (χ0v) is 13.2. The topological polar surface area (TPSA) is 12.9 Å². The second kappa shape index (κ2) is 4.33. The van der Waals surface area contributed by atoms with Crippen LogP contribution in [0.2, 0.25) is 0 Å². The first-order valence-electron chi connectivity index (χ1n) is 8.51. The van der Waals surface area contributed by atoms with Crippen LogP contribution in [0.15, 0.2) is 66.7 Å². The highest BCUT2D eigenvalue weighted by Crippen LogP contribution is 2.46. The average Bonchev–Trinajstić information content (AvgIpc) is 3.00. The van der Waals surface area contributed by atoms with E-state index in [1.54, 1.807) is 0 Å². The fraction of sp³-hybridized carbons (Fsp3) is 0.0870. The molecule has 4 aromatic rings. The van der Waals surface area contributed by atoms with Gasteiger partial charge in [-0.25, -0.2) is 0 Å². The molecule has 1 aromatic heterocycles. The standard InChI is InChI=1S/C23H15N/c1-3-9-17-15(7-1)13-20-22(17)19-11-5-8-16-12-14-6-2-4-10-18(14)23(24-20)21(16)19/h1-11H,12-13H2. The maximum Gasteiger partial charge on any atom is 0.0790 e. The van der Waals surface area contributed by atoms with Gasteiger partial charge in [0.25, 0.3) is 0 Å². The lowest BCUT2D eigenvalue weighted by atomic mass is 9.85. The molecule has 0 N–H and O–H groups in total. The van der Waals surface area contributed by atoms with Crippen LogP contribution in [0.4, 0.5) is 0 Å². The fourth-order valence-electron chi connectivity index (χ4n) is 4.47. The number of benzene rings is 3. The molecule has 0 aliphatic heterocycles. The lowest BCUT2D eigenvalue weighted by molar-refractivity contribution is 1.11. The van der Waals surface area contributed by atoms with Gasteiger partial charge in [-0.3, -0.25) is 4.98 Å². The summed E-state index contributed by atoms with van der Waals surface area (Å²) in [6.45, 7) is 0. The van der Waals surface area contributed by atoms with Gasteiger partial charge < -0.3 is 0 Å². The van der Waals surface area contributed by atoms with Crippen molar-refractivity contribution in [2.24, 2.45) is 0 Å². The van der Waals surface area contributed by atoms with Crippen LogP contribution in [0.3, 0.4) is 0 Å². The molecular weight excluding hydrogens is 290 g/mol. The summed E-state index contributed by atoms with van der Waals surface area (Å²) < 4.78 is 0. The van der Waals surface area contributed by atoms with Gasteiger partial charge in [0.05, 0.1) is 11.4 Å². The Morgan fingerprint density at radius 2 is 1.33 bits per heavy atom. The largest absolute Gasteiger partial charge is 0.251 e. The molecular formula is C23H15N. The predicted octanol–water partition coefficient (Wildman–Crippen LogP) is 5.38. The molecule has 1 heterocycles. The zero-order valence-electron chi connectivity index (χ0n) is 13.2. The molecule has 0 unspecified atom stereocenters. The van der Waals surface area contributed by atoms with Crippen molar-refractivity contribution < 1.29 is 0 Å². The van der Waals surface area contributed by atoms with Gasteiger partial charge >= 0.3 is 0 Å². The van der Waals surface area contributed by atoms with Crippen molar-refractivity contribution in [1.82, 2.24) is 4.98 Å². The second-order valence-corrected chi connectivity index (χ2v) is 6.79. The van der Waals surface area contributed by atoms with Crippen LogP contribution in [-0.4, -0.2) is 4.98 Å². The van der Waals surface area contributed by atoms with Crippen molar-refractivity contribution in [2.45, 2.75) is 12.8 Å². The van der Waals surface area contributed by atoms with Gasteiger partial charge in [0.15, 0.2) is 0 Å². The average molecular weight is 305 g/mol. The molecule has 6 rings (SSSR count). The van der Waals surface area contributed by atoms with Crippen LogP contribution < -0.4 is 0 Å². The molecule has 2 aliphatic carbocycles. The summed E-state index contributed by atoms with van der Waals surface area (Å²) in [6, 6.07) is 24.2. The number of aromatic nitrogens is 1. The lowest BCUT2D eigenvalue weighted by Crippen LogP contribution is -2.04. The first kappa shape index (κ1) is 12.5. The summed E-state index contributed by atoms with van der Waals surface area (Å²) in [5.41, 5.74) is 10.6. The Kier molecular flexibility index (Phi) is 2.25. The molecule has 1 heteroatoms. The molecule has 0 atom stereocenters. The highest BCUT2D eigenvalue weighted by atomic mass is 14.7. The van der Waals surface area contributed by atoms with Gasteiger partial charge in [-0.05, 0) is 34.1 Å². The number of nitrogens with zero attached hydrogens (tertiary/aromatic N) is 1. The first-order valence-corrected chi connectivity index (χ1v) is 8.51. The van der Waals surface area contributed by atoms with Crippen LogP contribution in [0.1, 0.15) is 22.4 Å². The summed E-state index contributed by atoms with van der Waals surface area (Å²) in [7, 11) is 0. The van der Waals surface area contributed by atoms with Gasteiger partial charge in [-0.1, -0.05) is 66.7 Å². The van der Waals surface area contributed by atoms with Crippen LogP contribution in [0.25, 0.3) is 33.2 Å². The maximum atomic E-state index is 5.17. The summed E-state index contributed by atoms with van der Waals surface area (Å²) in [4.78, 5) is 5.17. The van der Waals surface area contributed by atoms with Gasteiger partial charge in [-0.2, -0.15) is 0 Å². The molecule has 24 heavy (non-hydrogen) atoms. The van der Waals surface area contributed by atoms with Crippen molar-refractivity contribution in [3.63, 3.8) is 0 Å². The molecule has 0 radical (unpaired) electrons. The summed E-state index contributed by atoms with van der Waals surface area (Å²) >= 11 is 0. The van der Waals surface area contributed by atoms with Gasteiger partial charge in [0.2, 0.25) is 0 Å². The minimum absolute atomic E-state index is 0.945. The normalized spacial score (nSPS) is 13.5. The lowest BCUT2D eigenvalue weighted by Gasteiger charge is -2.21. The number of pyridine rings is 1. The molecule has 1 nitrogen and oxygen atoms in total. The molecule has 0 amide bonds. The minimum Gasteiger partial charge on any atom is -0.251 e. The van der Waals surface area contributed by atoms with Crippen molar-refractivity contribution >= 4 is 10.8 Å². The number of fused-ring (bicyclic) bond motifs is 6. The van der Waals surface area contributed by atoms with E-state index in [1.165, 1.54) is 55.5 Å². The van der Waals surface area contributed by atoms with Crippen molar-refractivity contribution in [3.8, 4) is 22.4 Å². The summed E-state index contributed by atoms with van der Waals surface area (Å²) in [6.07, 6.45) is 1.95. The quantitative estimate of drug-likeness (QED) is 0.367. The van der Waals surface area contributed by atoms with Crippen molar-refractivity contribution in [2.75, 3.05) is 0 Å². The van der Waals surface area contributed by atoms with E-state index in [4.69, 9.17) is 4.98 Å². The van der Waals surface area contributed by atoms with E-state index in [-0.39, 0.29) is 0 Å². The SMILES string of the molecule is c1ccc2c(c1)Cc1nc3c4c(cccc4c1-2)Cc1ccccc1-3. The number of rotatable bonds is 0. The molecule has 3 aromatic carbocycles. The third kappa shape index (κ3) is 1.47. The van der Waals surface area contributed by atoms with Crippen LogP contribution >= 0.6 is 0 Å². The molecule has 0 saturated heterocycles. The Hall–Kier alpha value is -2.93. The van der Waals surface area contributed by atoms with E-state index in [2.05, 4.69) is 66.7 Å².